The Morgan fingerprint density at radius 2 is 2.35 bits per heavy atom. The van der Waals surface area contributed by atoms with Gasteiger partial charge >= 0.3 is 0 Å². The second-order valence-corrected chi connectivity index (χ2v) is 4.27. The molecule has 0 saturated heterocycles. The van der Waals surface area contributed by atoms with Gasteiger partial charge in [0.05, 0.1) is 15.8 Å². The summed E-state index contributed by atoms with van der Waals surface area (Å²) >= 11 is 3.29. The lowest BCUT2D eigenvalue weighted by atomic mass is 10.3. The number of halogens is 1. The molecule has 0 aliphatic carbocycles. The molecule has 0 unspecified atom stereocenters. The summed E-state index contributed by atoms with van der Waals surface area (Å²) in [6.45, 7) is 0. The number of nitrogen functional groups attached to an aromatic ring is 1. The fourth-order valence-electron chi connectivity index (χ4n) is 1.34. The van der Waals surface area contributed by atoms with Crippen molar-refractivity contribution in [3.63, 3.8) is 0 Å². The van der Waals surface area contributed by atoms with Crippen LogP contribution >= 0.6 is 15.9 Å². The number of aromatic nitrogens is 3. The fraction of sp³-hybridized carbons (Fsp3) is 0.100. The molecule has 2 heterocycles. The fourth-order valence-corrected chi connectivity index (χ4v) is 1.69. The van der Waals surface area contributed by atoms with Crippen molar-refractivity contribution in [1.29, 1.82) is 0 Å². The highest BCUT2D eigenvalue weighted by molar-refractivity contribution is 9.10. The third-order valence-electron chi connectivity index (χ3n) is 2.09. The lowest BCUT2D eigenvalue weighted by Gasteiger charge is -2.05. The van der Waals surface area contributed by atoms with Crippen LogP contribution in [0.5, 0.6) is 0 Å². The van der Waals surface area contributed by atoms with Crippen molar-refractivity contribution < 1.29 is 4.79 Å². The first-order valence-corrected chi connectivity index (χ1v) is 5.57. The third-order valence-corrected chi connectivity index (χ3v) is 2.72. The molecule has 7 heteroatoms. The molecule has 6 nitrogen and oxygen atoms in total. The number of nitrogens with two attached hydrogens (primary N) is 1. The highest BCUT2D eigenvalue weighted by atomic mass is 79.9. The SMILES string of the molecule is Cn1cc(N)c(C(=O)Nc2ccncc2Br)n1. The Bertz CT molecular complexity index is 566. The first-order valence-electron chi connectivity index (χ1n) is 4.78. The summed E-state index contributed by atoms with van der Waals surface area (Å²) in [6.07, 6.45) is 4.76. The number of hydrogen-bond acceptors (Lipinski definition) is 4. The van der Waals surface area contributed by atoms with Crippen molar-refractivity contribution in [1.82, 2.24) is 14.8 Å². The molecule has 0 aliphatic rings. The summed E-state index contributed by atoms with van der Waals surface area (Å²) < 4.78 is 2.19. The average molecular weight is 296 g/mol. The van der Waals surface area contributed by atoms with Gasteiger partial charge in [-0.05, 0) is 22.0 Å². The van der Waals surface area contributed by atoms with Crippen LogP contribution in [0.2, 0.25) is 0 Å². The van der Waals surface area contributed by atoms with Crippen LogP contribution in [0.1, 0.15) is 10.5 Å². The molecule has 1 amide bonds. The molecule has 88 valence electrons. The van der Waals surface area contributed by atoms with E-state index in [2.05, 4.69) is 31.3 Å². The maximum atomic E-state index is 11.9. The summed E-state index contributed by atoms with van der Waals surface area (Å²) in [5, 5.41) is 6.68. The van der Waals surface area contributed by atoms with Crippen molar-refractivity contribution in [3.05, 3.63) is 34.8 Å². The molecule has 2 aromatic heterocycles. The van der Waals surface area contributed by atoms with Crippen molar-refractivity contribution in [2.45, 2.75) is 0 Å². The molecular weight excluding hydrogens is 286 g/mol. The number of carbonyl (C=O) groups excluding carboxylic acids is 1. The first-order chi connectivity index (χ1) is 8.08. The van der Waals surface area contributed by atoms with Gasteiger partial charge in [-0.3, -0.25) is 14.5 Å². The second kappa shape index (κ2) is 4.54. The Hall–Kier alpha value is -1.89. The van der Waals surface area contributed by atoms with E-state index < -0.39 is 0 Å². The Kier molecular flexibility index (Phi) is 3.10. The number of anilines is 2. The number of nitrogens with zero attached hydrogens (tertiary/aromatic N) is 3. The van der Waals surface area contributed by atoms with Crippen LogP contribution in [0.25, 0.3) is 0 Å². The summed E-state index contributed by atoms with van der Waals surface area (Å²) in [4.78, 5) is 15.8. The molecule has 2 rings (SSSR count). The average Bonchev–Trinajstić information content (AvgIpc) is 2.61. The zero-order valence-corrected chi connectivity index (χ0v) is 10.6. The largest absolute Gasteiger partial charge is 0.396 e. The van der Waals surface area contributed by atoms with E-state index in [4.69, 9.17) is 5.73 Å². The summed E-state index contributed by atoms with van der Waals surface area (Å²) in [5.74, 6) is -0.352. The zero-order chi connectivity index (χ0) is 12.4. The Morgan fingerprint density at radius 1 is 1.59 bits per heavy atom. The molecule has 0 aliphatic heterocycles. The standard InChI is InChI=1S/C10H10BrN5O/c1-16-5-7(12)9(15-16)10(17)14-8-2-3-13-4-6(8)11/h2-5H,12H2,1H3,(H,13,14,17). The van der Waals surface area contributed by atoms with Gasteiger partial charge in [0.15, 0.2) is 5.69 Å². The maximum Gasteiger partial charge on any atom is 0.278 e. The summed E-state index contributed by atoms with van der Waals surface area (Å²) in [6, 6.07) is 1.68. The van der Waals surface area contributed by atoms with E-state index in [1.165, 1.54) is 4.68 Å². The molecule has 3 N–H and O–H groups in total. The molecule has 0 radical (unpaired) electrons. The molecule has 17 heavy (non-hydrogen) atoms. The number of rotatable bonds is 2. The topological polar surface area (TPSA) is 85.8 Å². The van der Waals surface area contributed by atoms with E-state index in [0.717, 1.165) is 0 Å². The van der Waals surface area contributed by atoms with Crippen molar-refractivity contribution >= 4 is 33.2 Å². The van der Waals surface area contributed by atoms with Crippen molar-refractivity contribution in [2.24, 2.45) is 7.05 Å². The molecule has 0 saturated carbocycles. The Balaban J connectivity index is 2.23. The normalized spacial score (nSPS) is 10.2. The third kappa shape index (κ3) is 2.44. The van der Waals surface area contributed by atoms with Gasteiger partial charge in [0, 0.05) is 25.6 Å². The number of pyridine rings is 1. The quantitative estimate of drug-likeness (QED) is 0.877. The van der Waals surface area contributed by atoms with E-state index in [-0.39, 0.29) is 11.6 Å². The van der Waals surface area contributed by atoms with Gasteiger partial charge < -0.3 is 11.1 Å². The zero-order valence-electron chi connectivity index (χ0n) is 9.01. The van der Waals surface area contributed by atoms with Crippen molar-refractivity contribution in [3.8, 4) is 0 Å². The summed E-state index contributed by atoms with van der Waals surface area (Å²) in [5.41, 5.74) is 6.83. The lowest BCUT2D eigenvalue weighted by molar-refractivity contribution is 0.102. The molecule has 0 bridgehead atoms. The van der Waals surface area contributed by atoms with Crippen LogP contribution < -0.4 is 11.1 Å². The van der Waals surface area contributed by atoms with E-state index in [1.54, 1.807) is 31.7 Å². The second-order valence-electron chi connectivity index (χ2n) is 3.42. The van der Waals surface area contributed by atoms with E-state index >= 15 is 0 Å². The minimum Gasteiger partial charge on any atom is -0.396 e. The molecule has 0 aromatic carbocycles. The van der Waals surface area contributed by atoms with Gasteiger partial charge in [-0.25, -0.2) is 0 Å². The predicted octanol–water partition coefficient (Wildman–Crippen LogP) is 1.41. The van der Waals surface area contributed by atoms with Crippen LogP contribution in [-0.4, -0.2) is 20.7 Å². The molecule has 2 aromatic rings. The van der Waals surface area contributed by atoms with Gasteiger partial charge in [0.25, 0.3) is 5.91 Å². The Labute approximate surface area is 106 Å². The number of nitrogens with one attached hydrogen (secondary N) is 1. The van der Waals surface area contributed by atoms with E-state index in [0.29, 0.717) is 15.8 Å². The number of amides is 1. The molecule has 0 spiro atoms. The minimum atomic E-state index is -0.352. The van der Waals surface area contributed by atoms with E-state index in [9.17, 15) is 4.79 Å². The molecule has 0 atom stereocenters. The first kappa shape index (κ1) is 11.6. The monoisotopic (exact) mass is 295 g/mol. The predicted molar refractivity (Wildman–Crippen MR) is 67.5 cm³/mol. The maximum absolute atomic E-state index is 11.9. The van der Waals surface area contributed by atoms with Crippen LogP contribution in [0.4, 0.5) is 11.4 Å². The van der Waals surface area contributed by atoms with Crippen molar-refractivity contribution in [2.75, 3.05) is 11.1 Å². The number of hydrogen-bond donors (Lipinski definition) is 2. The number of carbonyl (C=O) groups is 1. The van der Waals surface area contributed by atoms with Gasteiger partial charge in [-0.2, -0.15) is 5.10 Å². The van der Waals surface area contributed by atoms with Gasteiger partial charge in [-0.15, -0.1) is 0 Å². The smallest absolute Gasteiger partial charge is 0.278 e. The van der Waals surface area contributed by atoms with Crippen LogP contribution in [0, 0.1) is 0 Å². The van der Waals surface area contributed by atoms with Gasteiger partial charge in [0.1, 0.15) is 0 Å². The Morgan fingerprint density at radius 3 is 2.94 bits per heavy atom. The van der Waals surface area contributed by atoms with Crippen LogP contribution in [0.15, 0.2) is 29.1 Å². The summed E-state index contributed by atoms with van der Waals surface area (Å²) in [7, 11) is 1.70. The van der Waals surface area contributed by atoms with Crippen LogP contribution in [0.3, 0.4) is 0 Å². The highest BCUT2D eigenvalue weighted by Crippen LogP contribution is 2.21. The van der Waals surface area contributed by atoms with Gasteiger partial charge in [0.2, 0.25) is 0 Å². The highest BCUT2D eigenvalue weighted by Gasteiger charge is 2.14. The number of aryl methyl sites for hydroxylation is 1. The van der Waals surface area contributed by atoms with Gasteiger partial charge in [-0.1, -0.05) is 0 Å². The minimum absolute atomic E-state index is 0.205. The molecular formula is C10H10BrN5O. The van der Waals surface area contributed by atoms with E-state index in [1.807, 2.05) is 0 Å². The van der Waals surface area contributed by atoms with Crippen LogP contribution in [-0.2, 0) is 7.05 Å². The molecule has 0 fully saturated rings. The lowest BCUT2D eigenvalue weighted by Crippen LogP contribution is -2.15.